The van der Waals surface area contributed by atoms with E-state index in [1.807, 2.05) is 25.1 Å². The molecule has 3 atom stereocenters. The Labute approximate surface area is 135 Å². The molecule has 0 aliphatic carbocycles. The first-order valence-corrected chi connectivity index (χ1v) is 8.11. The van der Waals surface area contributed by atoms with Gasteiger partial charge < -0.3 is 14.8 Å². The second kappa shape index (κ2) is 7.10. The number of hydrogen-bond acceptors (Lipinski definition) is 4. The number of anilines is 1. The number of para-hydroxylation sites is 1. The number of nitrogens with zero attached hydrogens (tertiary/aromatic N) is 1. The molecule has 0 aromatic heterocycles. The van der Waals surface area contributed by atoms with Gasteiger partial charge in [0.1, 0.15) is 6.23 Å². The van der Waals surface area contributed by atoms with Crippen molar-refractivity contribution in [3.05, 3.63) is 30.3 Å². The lowest BCUT2D eigenvalue weighted by molar-refractivity contribution is -0.206. The lowest BCUT2D eigenvalue weighted by atomic mass is 10.1. The van der Waals surface area contributed by atoms with Crippen molar-refractivity contribution in [2.24, 2.45) is 5.92 Å². The summed E-state index contributed by atoms with van der Waals surface area (Å²) in [4.78, 5) is 26.0. The fourth-order valence-corrected chi connectivity index (χ4v) is 2.93. The number of imide groups is 1. The predicted molar refractivity (Wildman–Crippen MR) is 84.6 cm³/mol. The highest BCUT2D eigenvalue weighted by atomic mass is 16.7. The van der Waals surface area contributed by atoms with Crippen molar-refractivity contribution in [3.63, 3.8) is 0 Å². The summed E-state index contributed by atoms with van der Waals surface area (Å²) in [5.41, 5.74) is 0.650. The van der Waals surface area contributed by atoms with Crippen LogP contribution in [0.4, 0.5) is 10.5 Å². The predicted octanol–water partition coefficient (Wildman–Crippen LogP) is 2.96. The van der Waals surface area contributed by atoms with Crippen molar-refractivity contribution < 1.29 is 19.1 Å². The summed E-state index contributed by atoms with van der Waals surface area (Å²) in [5, 5.41) is 2.75. The van der Waals surface area contributed by atoms with Crippen LogP contribution in [0, 0.1) is 5.92 Å². The molecule has 0 spiro atoms. The number of benzene rings is 1. The average Bonchev–Trinajstić information content (AvgIpc) is 2.83. The van der Waals surface area contributed by atoms with Crippen molar-refractivity contribution in [2.45, 2.75) is 45.1 Å². The standard InChI is InChI=1S/C17H22N2O4/c1-12-11-14(23-15-9-5-6-10-22-15)19(16(12)20)17(21)18-13-7-3-2-4-8-13/h2-4,7-8,12,14-15H,5-6,9-11H2,1H3,(H,18,21). The molecule has 2 heterocycles. The Hall–Kier alpha value is -1.92. The van der Waals surface area contributed by atoms with Gasteiger partial charge in [0, 0.05) is 24.6 Å². The lowest BCUT2D eigenvalue weighted by Crippen LogP contribution is -2.45. The highest BCUT2D eigenvalue weighted by Crippen LogP contribution is 2.29. The van der Waals surface area contributed by atoms with Crippen LogP contribution in [0.3, 0.4) is 0 Å². The second-order valence-electron chi connectivity index (χ2n) is 6.03. The zero-order chi connectivity index (χ0) is 16.2. The van der Waals surface area contributed by atoms with Gasteiger partial charge in [0.2, 0.25) is 5.91 Å². The Morgan fingerprint density at radius 3 is 2.78 bits per heavy atom. The maximum Gasteiger partial charge on any atom is 0.330 e. The Morgan fingerprint density at radius 2 is 2.09 bits per heavy atom. The van der Waals surface area contributed by atoms with Crippen LogP contribution in [0.1, 0.15) is 32.6 Å². The molecule has 1 aromatic carbocycles. The first kappa shape index (κ1) is 16.0. The van der Waals surface area contributed by atoms with Gasteiger partial charge >= 0.3 is 6.03 Å². The van der Waals surface area contributed by atoms with E-state index in [4.69, 9.17) is 9.47 Å². The maximum atomic E-state index is 12.5. The van der Waals surface area contributed by atoms with Gasteiger partial charge in [-0.1, -0.05) is 25.1 Å². The zero-order valence-corrected chi connectivity index (χ0v) is 13.2. The molecule has 3 unspecified atom stereocenters. The van der Waals surface area contributed by atoms with E-state index in [0.717, 1.165) is 19.3 Å². The second-order valence-corrected chi connectivity index (χ2v) is 6.03. The summed E-state index contributed by atoms with van der Waals surface area (Å²) in [6.45, 7) is 2.48. The third-order valence-corrected chi connectivity index (χ3v) is 4.19. The lowest BCUT2D eigenvalue weighted by Gasteiger charge is -2.29. The average molecular weight is 318 g/mol. The maximum absolute atomic E-state index is 12.5. The summed E-state index contributed by atoms with van der Waals surface area (Å²) in [7, 11) is 0. The molecule has 3 rings (SSSR count). The summed E-state index contributed by atoms with van der Waals surface area (Å²) >= 11 is 0. The molecule has 6 heteroatoms. The molecule has 0 saturated carbocycles. The number of rotatable bonds is 3. The molecule has 0 bridgehead atoms. The fraction of sp³-hybridized carbons (Fsp3) is 0.529. The topological polar surface area (TPSA) is 67.9 Å². The quantitative estimate of drug-likeness (QED) is 0.930. The van der Waals surface area contributed by atoms with E-state index < -0.39 is 12.3 Å². The van der Waals surface area contributed by atoms with Crippen molar-refractivity contribution in [2.75, 3.05) is 11.9 Å². The smallest absolute Gasteiger partial charge is 0.330 e. The number of urea groups is 1. The van der Waals surface area contributed by atoms with Crippen LogP contribution < -0.4 is 5.32 Å². The van der Waals surface area contributed by atoms with E-state index >= 15 is 0 Å². The minimum absolute atomic E-state index is 0.209. The van der Waals surface area contributed by atoms with Gasteiger partial charge in [-0.25, -0.2) is 9.69 Å². The van der Waals surface area contributed by atoms with E-state index in [1.54, 1.807) is 12.1 Å². The van der Waals surface area contributed by atoms with E-state index in [-0.39, 0.29) is 18.1 Å². The van der Waals surface area contributed by atoms with Gasteiger partial charge in [0.25, 0.3) is 0 Å². The first-order chi connectivity index (χ1) is 11.1. The van der Waals surface area contributed by atoms with E-state index in [9.17, 15) is 9.59 Å². The van der Waals surface area contributed by atoms with Gasteiger partial charge in [-0.05, 0) is 31.4 Å². The molecule has 2 aliphatic rings. The van der Waals surface area contributed by atoms with Gasteiger partial charge in [0.15, 0.2) is 6.29 Å². The molecule has 2 saturated heterocycles. The van der Waals surface area contributed by atoms with Crippen LogP contribution >= 0.6 is 0 Å². The third kappa shape index (κ3) is 3.71. The van der Waals surface area contributed by atoms with Crippen LogP contribution in [0.15, 0.2) is 30.3 Å². The van der Waals surface area contributed by atoms with Crippen molar-refractivity contribution >= 4 is 17.6 Å². The van der Waals surface area contributed by atoms with Gasteiger partial charge in [-0.3, -0.25) is 4.79 Å². The SMILES string of the molecule is CC1CC(OC2CCCCO2)N(C(=O)Nc2ccccc2)C1=O. The monoisotopic (exact) mass is 318 g/mol. The number of carbonyl (C=O) groups is 2. The van der Waals surface area contributed by atoms with E-state index in [1.165, 1.54) is 4.90 Å². The van der Waals surface area contributed by atoms with Crippen LogP contribution in [-0.2, 0) is 14.3 Å². The zero-order valence-electron chi connectivity index (χ0n) is 13.2. The minimum atomic E-state index is -0.565. The van der Waals surface area contributed by atoms with Crippen LogP contribution in [-0.4, -0.2) is 36.0 Å². The van der Waals surface area contributed by atoms with Crippen LogP contribution in [0.25, 0.3) is 0 Å². The molecule has 1 aromatic rings. The number of amides is 3. The summed E-state index contributed by atoms with van der Waals surface area (Å²) in [6, 6.07) is 8.63. The molecule has 0 radical (unpaired) electrons. The van der Waals surface area contributed by atoms with Crippen LogP contribution in [0.2, 0.25) is 0 Å². The Balaban J connectivity index is 1.68. The Morgan fingerprint density at radius 1 is 1.30 bits per heavy atom. The van der Waals surface area contributed by atoms with Gasteiger partial charge in [0.05, 0.1) is 0 Å². The normalized spacial score (nSPS) is 28.0. The molecule has 2 aliphatic heterocycles. The Kier molecular flexibility index (Phi) is 4.93. The summed E-state index contributed by atoms with van der Waals surface area (Å²) in [5.74, 6) is -0.440. The molecule has 1 N–H and O–H groups in total. The highest BCUT2D eigenvalue weighted by Gasteiger charge is 2.43. The molecule has 2 fully saturated rings. The number of carbonyl (C=O) groups excluding carboxylic acids is 2. The van der Waals surface area contributed by atoms with Crippen LogP contribution in [0.5, 0.6) is 0 Å². The van der Waals surface area contributed by atoms with Crippen molar-refractivity contribution in [1.29, 1.82) is 0 Å². The number of hydrogen-bond donors (Lipinski definition) is 1. The minimum Gasteiger partial charge on any atom is -0.353 e. The number of ether oxygens (including phenoxy) is 2. The molecule has 6 nitrogen and oxygen atoms in total. The molecule has 23 heavy (non-hydrogen) atoms. The third-order valence-electron chi connectivity index (χ3n) is 4.19. The number of likely N-dealkylation sites (tertiary alicyclic amines) is 1. The summed E-state index contributed by atoms with van der Waals surface area (Å²) in [6.07, 6.45) is 2.46. The van der Waals surface area contributed by atoms with Gasteiger partial charge in [-0.2, -0.15) is 0 Å². The molecule has 124 valence electrons. The largest absolute Gasteiger partial charge is 0.353 e. The van der Waals surface area contributed by atoms with Crippen molar-refractivity contribution in [3.8, 4) is 0 Å². The fourth-order valence-electron chi connectivity index (χ4n) is 2.93. The molecule has 3 amide bonds. The van der Waals surface area contributed by atoms with E-state index in [0.29, 0.717) is 18.7 Å². The van der Waals surface area contributed by atoms with Crippen molar-refractivity contribution in [1.82, 2.24) is 4.90 Å². The highest BCUT2D eigenvalue weighted by molar-refractivity contribution is 6.03. The molecular formula is C17H22N2O4. The van der Waals surface area contributed by atoms with E-state index in [2.05, 4.69) is 5.32 Å². The Bertz CT molecular complexity index is 557. The first-order valence-electron chi connectivity index (χ1n) is 8.11. The molecular weight excluding hydrogens is 296 g/mol. The van der Waals surface area contributed by atoms with Gasteiger partial charge in [-0.15, -0.1) is 0 Å². The summed E-state index contributed by atoms with van der Waals surface area (Å²) < 4.78 is 11.5. The number of nitrogens with one attached hydrogen (secondary N) is 1.